The predicted molar refractivity (Wildman–Crippen MR) is 193 cm³/mol. The van der Waals surface area contributed by atoms with E-state index in [-0.39, 0.29) is 36.2 Å². The van der Waals surface area contributed by atoms with Crippen molar-refractivity contribution in [3.05, 3.63) is 61.2 Å². The molecular formula is C40H59N3O7. The number of aliphatic hydroxyl groups is 1. The smallest absolute Gasteiger partial charge is 0.313 e. The maximum atomic E-state index is 14.9. The van der Waals surface area contributed by atoms with E-state index in [1.165, 1.54) is 0 Å². The van der Waals surface area contributed by atoms with Gasteiger partial charge in [0.25, 0.3) is 0 Å². The third kappa shape index (κ3) is 8.34. The average molecular weight is 694 g/mol. The molecule has 3 aliphatic rings. The number of unbranched alkanes of at least 4 members (excludes halogenated alkanes) is 2. The summed E-state index contributed by atoms with van der Waals surface area (Å²) in [5, 5.41) is 12.4. The molecule has 1 spiro atoms. The zero-order valence-corrected chi connectivity index (χ0v) is 31.0. The number of esters is 1. The minimum atomic E-state index is -1.18. The summed E-state index contributed by atoms with van der Waals surface area (Å²) >= 11 is 0. The van der Waals surface area contributed by atoms with Crippen molar-refractivity contribution in [1.82, 2.24) is 15.1 Å². The van der Waals surface area contributed by atoms with Gasteiger partial charge in [-0.1, -0.05) is 63.3 Å². The quantitative estimate of drug-likeness (QED) is 0.118. The molecule has 0 aliphatic carbocycles. The molecule has 3 fully saturated rings. The van der Waals surface area contributed by atoms with E-state index in [2.05, 4.69) is 39.2 Å². The van der Waals surface area contributed by atoms with Gasteiger partial charge in [0.2, 0.25) is 17.7 Å². The van der Waals surface area contributed by atoms with E-state index in [9.17, 15) is 24.3 Å². The first-order chi connectivity index (χ1) is 23.6. The highest BCUT2D eigenvalue weighted by Gasteiger charge is 2.75. The Bertz CT molecular complexity index is 1390. The van der Waals surface area contributed by atoms with Crippen LogP contribution in [0.15, 0.2) is 55.6 Å². The van der Waals surface area contributed by atoms with Gasteiger partial charge in [-0.25, -0.2) is 0 Å². The van der Waals surface area contributed by atoms with Gasteiger partial charge in [-0.2, -0.15) is 0 Å². The molecule has 10 heteroatoms. The molecule has 50 heavy (non-hydrogen) atoms. The molecule has 3 saturated heterocycles. The van der Waals surface area contributed by atoms with Crippen LogP contribution in [0.2, 0.25) is 0 Å². The van der Waals surface area contributed by atoms with Crippen LogP contribution in [0.5, 0.6) is 0 Å². The van der Waals surface area contributed by atoms with Crippen molar-refractivity contribution in [2.24, 2.45) is 17.3 Å². The number of amides is 3. The van der Waals surface area contributed by atoms with Crippen molar-refractivity contribution in [1.29, 1.82) is 0 Å². The van der Waals surface area contributed by atoms with Gasteiger partial charge in [-0.15, -0.1) is 13.2 Å². The molecule has 7 atom stereocenters. The molecule has 0 saturated carbocycles. The van der Waals surface area contributed by atoms with Crippen LogP contribution in [0.1, 0.15) is 105 Å². The number of nitrogens with zero attached hydrogens (tertiary/aromatic N) is 2. The number of rotatable bonds is 18. The topological polar surface area (TPSA) is 125 Å². The van der Waals surface area contributed by atoms with Crippen LogP contribution in [0.4, 0.5) is 0 Å². The van der Waals surface area contributed by atoms with E-state index in [0.717, 1.165) is 6.42 Å². The van der Waals surface area contributed by atoms with Gasteiger partial charge < -0.3 is 29.7 Å². The zero-order valence-electron chi connectivity index (χ0n) is 31.0. The van der Waals surface area contributed by atoms with E-state index < -0.39 is 53.2 Å². The molecule has 276 valence electrons. The number of likely N-dealkylation sites (tertiary alicyclic amines) is 1. The minimum absolute atomic E-state index is 0.0470. The highest BCUT2D eigenvalue weighted by Crippen LogP contribution is 2.59. The summed E-state index contributed by atoms with van der Waals surface area (Å²) in [6.45, 7) is 20.6. The normalized spacial score (nSPS) is 25.5. The summed E-state index contributed by atoms with van der Waals surface area (Å²) < 4.78 is 13.0. The lowest BCUT2D eigenvalue weighted by Crippen LogP contribution is -2.61. The van der Waals surface area contributed by atoms with Gasteiger partial charge in [-0.05, 0) is 76.7 Å². The first-order valence-corrected chi connectivity index (χ1v) is 18.3. The van der Waals surface area contributed by atoms with Crippen LogP contribution in [0.3, 0.4) is 0 Å². The largest absolute Gasteiger partial charge is 0.455 e. The molecular weight excluding hydrogens is 634 g/mol. The predicted octanol–water partition coefficient (Wildman–Crippen LogP) is 5.51. The van der Waals surface area contributed by atoms with E-state index in [0.29, 0.717) is 57.2 Å². The fraction of sp³-hybridized carbons (Fsp3) is 0.650. The highest BCUT2D eigenvalue weighted by molar-refractivity contribution is 5.98. The van der Waals surface area contributed by atoms with Crippen molar-refractivity contribution >= 4 is 23.7 Å². The van der Waals surface area contributed by atoms with Gasteiger partial charge in [0.1, 0.15) is 17.7 Å². The maximum absolute atomic E-state index is 14.9. The average Bonchev–Trinajstić information content (AvgIpc) is 3.69. The summed E-state index contributed by atoms with van der Waals surface area (Å²) in [5.74, 6) is -3.01. The molecule has 0 unspecified atom stereocenters. The number of hydrogen-bond acceptors (Lipinski definition) is 7. The highest BCUT2D eigenvalue weighted by atomic mass is 16.6. The number of hydrogen-bond donors (Lipinski definition) is 2. The van der Waals surface area contributed by atoms with Crippen molar-refractivity contribution in [2.75, 3.05) is 19.7 Å². The van der Waals surface area contributed by atoms with E-state index in [4.69, 9.17) is 9.47 Å². The van der Waals surface area contributed by atoms with Gasteiger partial charge >= 0.3 is 5.97 Å². The summed E-state index contributed by atoms with van der Waals surface area (Å²) in [5.41, 5.74) is -1.10. The fourth-order valence-corrected chi connectivity index (χ4v) is 8.76. The van der Waals surface area contributed by atoms with Crippen LogP contribution >= 0.6 is 0 Å². The second-order valence-corrected chi connectivity index (χ2v) is 16.1. The van der Waals surface area contributed by atoms with Gasteiger partial charge in [0.15, 0.2) is 0 Å². The Hall–Kier alpha value is -3.50. The number of nitrogens with one attached hydrogen (secondary N) is 1. The van der Waals surface area contributed by atoms with Crippen molar-refractivity contribution in [3.8, 4) is 0 Å². The first kappa shape index (κ1) is 39.3. The van der Waals surface area contributed by atoms with Crippen molar-refractivity contribution < 1.29 is 33.8 Å². The lowest BCUT2D eigenvalue weighted by atomic mass is 9.70. The summed E-state index contributed by atoms with van der Waals surface area (Å²) in [6, 6.07) is 7.79. The van der Waals surface area contributed by atoms with Gasteiger partial charge in [0, 0.05) is 31.7 Å². The first-order valence-electron chi connectivity index (χ1n) is 18.3. The number of carbonyl (C=O) groups excluding carboxylic acids is 4. The molecule has 2 N–H and O–H groups in total. The number of ether oxygens (including phenoxy) is 2. The minimum Gasteiger partial charge on any atom is -0.455 e. The van der Waals surface area contributed by atoms with Crippen LogP contribution < -0.4 is 5.32 Å². The lowest BCUT2D eigenvalue weighted by molar-refractivity contribution is -0.162. The molecule has 2 bridgehead atoms. The summed E-state index contributed by atoms with van der Waals surface area (Å²) in [7, 11) is 0. The van der Waals surface area contributed by atoms with Gasteiger partial charge in [0.05, 0.1) is 24.0 Å². The number of allylic oxidation sites excluding steroid dienone is 1. The monoisotopic (exact) mass is 693 g/mol. The molecule has 3 amide bonds. The van der Waals surface area contributed by atoms with Crippen molar-refractivity contribution in [2.45, 2.75) is 128 Å². The number of fused-ring (bicyclic) bond motifs is 1. The van der Waals surface area contributed by atoms with E-state index in [1.54, 1.807) is 24.0 Å². The Morgan fingerprint density at radius 3 is 2.44 bits per heavy atom. The molecule has 1 aromatic carbocycles. The number of benzene rings is 1. The molecule has 1 aromatic rings. The Balaban J connectivity index is 1.69. The Kier molecular flexibility index (Phi) is 12.8. The molecule has 0 aromatic heterocycles. The number of carbonyl (C=O) groups is 4. The van der Waals surface area contributed by atoms with Crippen LogP contribution in [0, 0.1) is 17.3 Å². The second-order valence-electron chi connectivity index (χ2n) is 16.1. The van der Waals surface area contributed by atoms with E-state index >= 15 is 0 Å². The van der Waals surface area contributed by atoms with Crippen LogP contribution in [-0.4, -0.2) is 87.6 Å². The Morgan fingerprint density at radius 1 is 1.12 bits per heavy atom. The van der Waals surface area contributed by atoms with E-state index in [1.807, 2.05) is 49.1 Å². The van der Waals surface area contributed by atoms with Crippen molar-refractivity contribution in [3.63, 3.8) is 0 Å². The Labute approximate surface area is 298 Å². The summed E-state index contributed by atoms with van der Waals surface area (Å²) in [6.07, 6.45) is 6.38. The van der Waals surface area contributed by atoms with Gasteiger partial charge in [-0.3, -0.25) is 19.2 Å². The van der Waals surface area contributed by atoms with Crippen LogP contribution in [-0.2, 0) is 28.7 Å². The third-order valence-electron chi connectivity index (χ3n) is 10.4. The fourth-order valence-electron chi connectivity index (χ4n) is 8.76. The molecule has 3 aliphatic heterocycles. The van der Waals surface area contributed by atoms with Crippen LogP contribution in [0.25, 0.3) is 0 Å². The molecule has 0 radical (unpaired) electrons. The Morgan fingerprint density at radius 2 is 1.82 bits per heavy atom. The SMILES string of the molecule is C=CCCC(=O)N[C@H](C)[C@@H](OC(=O)[C@@H]1[C@H]2C(=O)N(CCCCCO)[C@H](C(=O)N(CC=C)C(C)(C)CC(C)(C)C)[C@]23CC[C@H]1O3)c1ccccc1. The third-order valence-corrected chi connectivity index (χ3v) is 10.4. The molecule has 3 heterocycles. The second kappa shape index (κ2) is 16.2. The zero-order chi connectivity index (χ0) is 36.9. The molecule has 10 nitrogen and oxygen atoms in total. The standard InChI is InChI=1S/C40H59N3O7/c1-9-11-20-30(45)41-27(3)33(28-18-14-12-15-19-28)49-37(48)31-29-21-22-40(50-29)32(31)35(46)42(24-16-13-17-25-44)34(40)36(47)43(23-10-2)39(7,8)26-38(4,5)6/h9-10,12,14-15,18-19,27,29,31-34,44H,1-2,11,13,16-17,20-26H2,3-8H3,(H,41,45)/t27-,29-,31+,32+,33-,34-,40+/m1/s1. The molecule has 4 rings (SSSR count). The lowest BCUT2D eigenvalue weighted by Gasteiger charge is -2.45. The maximum Gasteiger partial charge on any atom is 0.313 e. The number of aliphatic hydroxyl groups excluding tert-OH is 1. The summed E-state index contributed by atoms with van der Waals surface area (Å²) in [4.78, 5) is 60.0.